The third-order valence-corrected chi connectivity index (χ3v) is 6.08. The first kappa shape index (κ1) is 28.5. The molecule has 0 saturated heterocycles. The largest absolute Gasteiger partial charge is 0.449 e. The quantitative estimate of drug-likeness (QED) is 0.431. The Hall–Kier alpha value is -3.75. The van der Waals surface area contributed by atoms with Gasteiger partial charge in [0.1, 0.15) is 17.0 Å². The number of aryl methyl sites for hydroxylation is 1. The average Bonchev–Trinajstić information content (AvgIpc) is 3.31. The van der Waals surface area contributed by atoms with Crippen LogP contribution in [-0.4, -0.2) is 60.0 Å². The Morgan fingerprint density at radius 2 is 1.86 bits per heavy atom. The number of rotatable bonds is 8. The highest BCUT2D eigenvalue weighted by Crippen LogP contribution is 2.30. The summed E-state index contributed by atoms with van der Waals surface area (Å²) in [7, 11) is 3.64. The van der Waals surface area contributed by atoms with Crippen molar-refractivity contribution in [2.24, 2.45) is 5.92 Å². The molecule has 1 aliphatic carbocycles. The van der Waals surface area contributed by atoms with Gasteiger partial charge in [-0.1, -0.05) is 19.9 Å². The molecule has 0 unspecified atom stereocenters. The Bertz CT molecular complexity index is 1110. The van der Waals surface area contributed by atoms with Gasteiger partial charge in [-0.2, -0.15) is 0 Å². The van der Waals surface area contributed by atoms with Crippen LogP contribution in [0, 0.1) is 12.8 Å². The number of Topliss-reactive ketones (excluding diaryl/α,β-unsaturated/α-hetero) is 1. The molecule has 0 atom stereocenters. The van der Waals surface area contributed by atoms with Crippen LogP contribution in [0.5, 0.6) is 0 Å². The van der Waals surface area contributed by atoms with Gasteiger partial charge in [-0.05, 0) is 56.4 Å². The molecule has 9 heteroatoms. The normalized spacial score (nSPS) is 16.5. The molecular weight excluding hydrogens is 458 g/mol. The van der Waals surface area contributed by atoms with Crippen LogP contribution in [0.3, 0.4) is 0 Å². The molecule has 9 nitrogen and oxygen atoms in total. The lowest BCUT2D eigenvalue weighted by Crippen LogP contribution is -2.36. The second-order valence-electron chi connectivity index (χ2n) is 8.38. The van der Waals surface area contributed by atoms with Gasteiger partial charge in [0, 0.05) is 38.4 Å². The van der Waals surface area contributed by atoms with Gasteiger partial charge in [0.2, 0.25) is 6.41 Å². The molecule has 36 heavy (non-hydrogen) atoms. The fourth-order valence-corrected chi connectivity index (χ4v) is 4.03. The van der Waals surface area contributed by atoms with Crippen LogP contribution >= 0.6 is 0 Å². The molecule has 0 radical (unpaired) electrons. The number of nitrogens with zero attached hydrogens (tertiary/aromatic N) is 3. The van der Waals surface area contributed by atoms with E-state index in [2.05, 4.69) is 20.6 Å². The van der Waals surface area contributed by atoms with Crippen molar-refractivity contribution in [3.8, 4) is 0 Å². The minimum absolute atomic E-state index is 0.0189. The zero-order chi connectivity index (χ0) is 26.5. The number of carbonyl (C=O) groups is 3. The molecule has 2 N–H and O–H groups in total. The summed E-state index contributed by atoms with van der Waals surface area (Å²) in [5, 5.41) is 5.97. The first-order valence-electron chi connectivity index (χ1n) is 12.3. The predicted octanol–water partition coefficient (Wildman–Crippen LogP) is 4.73. The van der Waals surface area contributed by atoms with E-state index in [1.165, 1.54) is 5.56 Å². The number of furan rings is 1. The molecule has 3 heterocycles. The molecule has 194 valence electrons. The van der Waals surface area contributed by atoms with Crippen molar-refractivity contribution in [3.05, 3.63) is 48.0 Å². The minimum Gasteiger partial charge on any atom is -0.449 e. The minimum atomic E-state index is -0.0189. The standard InChI is InChI=1S/C18H21N3O4.C7H10N2.C2H6/c1-21(11-23)13-6-4-12(5-7-13)14(24)9-20-18-16(10-22)25-15-3-2-8-19-17(15)18;1-6-3-4-7(8-2)9-5-6;1-2/h2-3,8,10-13,20H,4-7,9H2,1H3;3-5H,1-2H3,(H,8,9);1-2H3. The fourth-order valence-electron chi connectivity index (χ4n) is 4.03. The molecule has 1 aliphatic rings. The number of anilines is 2. The van der Waals surface area contributed by atoms with Crippen molar-refractivity contribution in [2.45, 2.75) is 52.5 Å². The monoisotopic (exact) mass is 495 g/mol. The topological polar surface area (TPSA) is 117 Å². The summed E-state index contributed by atoms with van der Waals surface area (Å²) in [6, 6.07) is 7.66. The van der Waals surface area contributed by atoms with Crippen LogP contribution in [0.15, 0.2) is 41.1 Å². The van der Waals surface area contributed by atoms with Gasteiger partial charge in [0.05, 0.1) is 6.54 Å². The lowest BCUT2D eigenvalue weighted by Gasteiger charge is -2.32. The molecule has 3 aromatic heterocycles. The summed E-state index contributed by atoms with van der Waals surface area (Å²) in [5.41, 5.74) is 2.72. The van der Waals surface area contributed by atoms with Gasteiger partial charge in [-0.15, -0.1) is 0 Å². The van der Waals surface area contributed by atoms with Crippen molar-refractivity contribution in [2.75, 3.05) is 31.3 Å². The molecule has 0 aliphatic heterocycles. The summed E-state index contributed by atoms with van der Waals surface area (Å²) < 4.78 is 5.44. The summed E-state index contributed by atoms with van der Waals surface area (Å²) in [6.07, 6.45) is 8.13. The van der Waals surface area contributed by atoms with Crippen LogP contribution < -0.4 is 10.6 Å². The van der Waals surface area contributed by atoms with E-state index in [-0.39, 0.29) is 30.0 Å². The van der Waals surface area contributed by atoms with Gasteiger partial charge in [0.25, 0.3) is 0 Å². The molecule has 3 aromatic rings. The zero-order valence-corrected chi connectivity index (χ0v) is 21.8. The van der Waals surface area contributed by atoms with E-state index in [9.17, 15) is 14.4 Å². The lowest BCUT2D eigenvalue weighted by atomic mass is 9.83. The smallest absolute Gasteiger partial charge is 0.209 e. The molecule has 1 saturated carbocycles. The molecule has 4 rings (SSSR count). The number of aromatic nitrogens is 2. The molecule has 0 aromatic carbocycles. The van der Waals surface area contributed by atoms with E-state index in [1.54, 1.807) is 30.3 Å². The van der Waals surface area contributed by atoms with Gasteiger partial charge in [0.15, 0.2) is 23.4 Å². The Morgan fingerprint density at radius 3 is 2.44 bits per heavy atom. The van der Waals surface area contributed by atoms with Crippen LogP contribution in [0.2, 0.25) is 0 Å². The van der Waals surface area contributed by atoms with Gasteiger partial charge < -0.3 is 20.0 Å². The third kappa shape index (κ3) is 7.63. The van der Waals surface area contributed by atoms with Gasteiger partial charge >= 0.3 is 0 Å². The van der Waals surface area contributed by atoms with Crippen molar-refractivity contribution < 1.29 is 18.8 Å². The number of hydrogen-bond donors (Lipinski definition) is 2. The summed E-state index contributed by atoms with van der Waals surface area (Å²) >= 11 is 0. The van der Waals surface area contributed by atoms with E-state index >= 15 is 0 Å². The molecule has 0 bridgehead atoms. The Kier molecular flexibility index (Phi) is 11.6. The Labute approximate surface area is 212 Å². The first-order valence-corrected chi connectivity index (χ1v) is 12.3. The maximum atomic E-state index is 12.5. The number of nitrogens with one attached hydrogen (secondary N) is 2. The van der Waals surface area contributed by atoms with E-state index in [0.29, 0.717) is 23.1 Å². The number of amides is 1. The van der Waals surface area contributed by atoms with Gasteiger partial charge in [-0.25, -0.2) is 4.98 Å². The van der Waals surface area contributed by atoms with Crippen molar-refractivity contribution >= 4 is 41.1 Å². The maximum Gasteiger partial charge on any atom is 0.209 e. The van der Waals surface area contributed by atoms with E-state index in [0.717, 1.165) is 37.9 Å². The molecule has 1 fully saturated rings. The number of fused-ring (bicyclic) bond motifs is 1. The highest BCUT2D eigenvalue weighted by Gasteiger charge is 2.28. The highest BCUT2D eigenvalue weighted by atomic mass is 16.3. The van der Waals surface area contributed by atoms with Crippen LogP contribution in [-0.2, 0) is 9.59 Å². The second kappa shape index (κ2) is 14.6. The van der Waals surface area contributed by atoms with Crippen molar-refractivity contribution in [3.63, 3.8) is 0 Å². The fraction of sp³-hybridized carbons (Fsp3) is 0.444. The van der Waals surface area contributed by atoms with E-state index < -0.39 is 0 Å². The maximum absolute atomic E-state index is 12.5. The average molecular weight is 496 g/mol. The van der Waals surface area contributed by atoms with Crippen molar-refractivity contribution in [1.29, 1.82) is 0 Å². The molecular formula is C27H37N5O4. The van der Waals surface area contributed by atoms with E-state index in [4.69, 9.17) is 4.42 Å². The Balaban J connectivity index is 0.000000347. The zero-order valence-electron chi connectivity index (χ0n) is 21.8. The van der Waals surface area contributed by atoms with Crippen molar-refractivity contribution in [1.82, 2.24) is 14.9 Å². The summed E-state index contributed by atoms with van der Waals surface area (Å²) in [6.45, 7) is 6.15. The highest BCUT2D eigenvalue weighted by molar-refractivity contribution is 5.98. The number of carbonyl (C=O) groups excluding carboxylic acids is 3. The number of pyridine rings is 2. The molecule has 1 amide bonds. The van der Waals surface area contributed by atoms with Crippen LogP contribution in [0.1, 0.15) is 55.6 Å². The third-order valence-electron chi connectivity index (χ3n) is 6.08. The number of hydrogen-bond acceptors (Lipinski definition) is 8. The lowest BCUT2D eigenvalue weighted by molar-refractivity contribution is -0.123. The van der Waals surface area contributed by atoms with Crippen LogP contribution in [0.4, 0.5) is 11.5 Å². The number of aldehydes is 1. The second-order valence-corrected chi connectivity index (χ2v) is 8.38. The molecule has 0 spiro atoms. The summed E-state index contributed by atoms with van der Waals surface area (Å²) in [4.78, 5) is 44.5. The summed E-state index contributed by atoms with van der Waals surface area (Å²) in [5.74, 6) is 1.15. The predicted molar refractivity (Wildman–Crippen MR) is 142 cm³/mol. The van der Waals surface area contributed by atoms with Gasteiger partial charge in [-0.3, -0.25) is 19.4 Å². The number of ketones is 1. The SMILES string of the molecule is CC.CN(C=O)C1CCC(C(=O)CNc2c(C=O)oc3cccnc23)CC1.CNc1ccc(C)cn1. The van der Waals surface area contributed by atoms with E-state index in [1.807, 2.05) is 46.1 Å². The Morgan fingerprint density at radius 1 is 1.14 bits per heavy atom. The van der Waals surface area contributed by atoms with Crippen LogP contribution in [0.25, 0.3) is 11.1 Å². The first-order chi connectivity index (χ1) is 17.5.